The van der Waals surface area contributed by atoms with E-state index >= 15 is 0 Å². The van der Waals surface area contributed by atoms with E-state index in [2.05, 4.69) is 0 Å². The summed E-state index contributed by atoms with van der Waals surface area (Å²) in [7, 11) is 0. The third kappa shape index (κ3) is 2.47. The highest BCUT2D eigenvalue weighted by Crippen LogP contribution is 2.30. The molecule has 0 spiro atoms. The Balaban J connectivity index is 2.40. The number of rotatable bonds is 2. The minimum atomic E-state index is -0.225. The fourth-order valence-corrected chi connectivity index (χ4v) is 1.84. The molecular weight excluding hydrogens is 215 g/mol. The third-order valence-electron chi connectivity index (χ3n) is 2.73. The average molecular weight is 230 g/mol. The highest BCUT2D eigenvalue weighted by atomic mass is 19.1. The van der Waals surface area contributed by atoms with Crippen molar-refractivity contribution in [2.75, 3.05) is 0 Å². The summed E-state index contributed by atoms with van der Waals surface area (Å²) < 4.78 is 19.0. The number of para-hydroxylation sites is 1. The van der Waals surface area contributed by atoms with Crippen LogP contribution in [0, 0.1) is 26.6 Å². The van der Waals surface area contributed by atoms with Crippen LogP contribution >= 0.6 is 0 Å². The lowest BCUT2D eigenvalue weighted by Crippen LogP contribution is -1.94. The highest BCUT2D eigenvalue weighted by Gasteiger charge is 2.08. The molecule has 1 nitrogen and oxygen atoms in total. The maximum absolute atomic E-state index is 13.2. The standard InChI is InChI=1S/C15H15FO/c1-10-6-4-5-7-14(10)17-15-11(2)8-13(16)9-12(15)3/h4-9H,1-3H3. The maximum atomic E-state index is 13.2. The lowest BCUT2D eigenvalue weighted by Gasteiger charge is -2.13. The second kappa shape index (κ2) is 4.58. The predicted octanol–water partition coefficient (Wildman–Crippen LogP) is 4.54. The molecule has 2 aromatic rings. The Labute approximate surface area is 101 Å². The molecule has 0 heterocycles. The lowest BCUT2D eigenvalue weighted by atomic mass is 10.1. The van der Waals surface area contributed by atoms with Gasteiger partial charge >= 0.3 is 0 Å². The van der Waals surface area contributed by atoms with Crippen LogP contribution in [0.15, 0.2) is 36.4 Å². The summed E-state index contributed by atoms with van der Waals surface area (Å²) in [6, 6.07) is 10.8. The molecule has 88 valence electrons. The van der Waals surface area contributed by atoms with Gasteiger partial charge in [-0.2, -0.15) is 0 Å². The van der Waals surface area contributed by atoms with Crippen LogP contribution in [0.3, 0.4) is 0 Å². The van der Waals surface area contributed by atoms with Crippen molar-refractivity contribution in [1.29, 1.82) is 0 Å². The van der Waals surface area contributed by atoms with E-state index in [-0.39, 0.29) is 5.82 Å². The molecule has 2 aromatic carbocycles. The number of aryl methyl sites for hydroxylation is 3. The first-order valence-electron chi connectivity index (χ1n) is 5.58. The minimum Gasteiger partial charge on any atom is -0.457 e. The molecule has 0 radical (unpaired) electrons. The van der Waals surface area contributed by atoms with Gasteiger partial charge in [0.05, 0.1) is 0 Å². The second-order valence-corrected chi connectivity index (χ2v) is 4.24. The van der Waals surface area contributed by atoms with E-state index in [0.717, 1.165) is 28.2 Å². The fourth-order valence-electron chi connectivity index (χ4n) is 1.84. The molecule has 0 saturated carbocycles. The van der Waals surface area contributed by atoms with E-state index in [0.29, 0.717) is 0 Å². The predicted molar refractivity (Wildman–Crippen MR) is 67.1 cm³/mol. The van der Waals surface area contributed by atoms with Gasteiger partial charge in [0.2, 0.25) is 0 Å². The summed E-state index contributed by atoms with van der Waals surface area (Å²) in [6.45, 7) is 5.69. The first kappa shape index (κ1) is 11.6. The first-order chi connectivity index (χ1) is 8.08. The van der Waals surface area contributed by atoms with Crippen LogP contribution in [-0.2, 0) is 0 Å². The van der Waals surface area contributed by atoms with E-state index in [9.17, 15) is 4.39 Å². The number of benzene rings is 2. The van der Waals surface area contributed by atoms with Gasteiger partial charge in [0.15, 0.2) is 0 Å². The fraction of sp³-hybridized carbons (Fsp3) is 0.200. The van der Waals surface area contributed by atoms with Gasteiger partial charge < -0.3 is 4.74 Å². The van der Waals surface area contributed by atoms with Crippen molar-refractivity contribution < 1.29 is 9.13 Å². The summed E-state index contributed by atoms with van der Waals surface area (Å²) in [5.74, 6) is 1.32. The quantitative estimate of drug-likeness (QED) is 0.735. The number of hydrogen-bond acceptors (Lipinski definition) is 1. The van der Waals surface area contributed by atoms with Gasteiger partial charge in [-0.25, -0.2) is 4.39 Å². The molecule has 0 bridgehead atoms. The molecule has 0 saturated heterocycles. The summed E-state index contributed by atoms with van der Waals surface area (Å²) >= 11 is 0. The highest BCUT2D eigenvalue weighted by molar-refractivity contribution is 5.45. The van der Waals surface area contributed by atoms with E-state index < -0.39 is 0 Å². The molecule has 0 N–H and O–H groups in total. The van der Waals surface area contributed by atoms with Gasteiger partial charge in [0.25, 0.3) is 0 Å². The van der Waals surface area contributed by atoms with Gasteiger partial charge in [-0.05, 0) is 55.7 Å². The van der Waals surface area contributed by atoms with Crippen molar-refractivity contribution in [3.63, 3.8) is 0 Å². The molecule has 2 heteroatoms. The Morgan fingerprint density at radius 1 is 0.882 bits per heavy atom. The van der Waals surface area contributed by atoms with Crippen LogP contribution in [0.4, 0.5) is 4.39 Å². The molecule has 0 aliphatic carbocycles. The molecule has 0 aliphatic rings. The smallest absolute Gasteiger partial charge is 0.133 e. The van der Waals surface area contributed by atoms with Gasteiger partial charge in [-0.15, -0.1) is 0 Å². The summed E-state index contributed by atoms with van der Waals surface area (Å²) in [5, 5.41) is 0. The monoisotopic (exact) mass is 230 g/mol. The number of hydrogen-bond donors (Lipinski definition) is 0. The van der Waals surface area contributed by atoms with Crippen molar-refractivity contribution >= 4 is 0 Å². The Kier molecular flexibility index (Phi) is 3.14. The Morgan fingerprint density at radius 3 is 2.06 bits per heavy atom. The topological polar surface area (TPSA) is 9.23 Å². The van der Waals surface area contributed by atoms with E-state index in [1.807, 2.05) is 45.0 Å². The van der Waals surface area contributed by atoms with Crippen molar-refractivity contribution in [1.82, 2.24) is 0 Å². The molecule has 0 unspecified atom stereocenters. The largest absolute Gasteiger partial charge is 0.457 e. The second-order valence-electron chi connectivity index (χ2n) is 4.24. The zero-order valence-electron chi connectivity index (χ0n) is 10.3. The van der Waals surface area contributed by atoms with Gasteiger partial charge in [-0.3, -0.25) is 0 Å². The zero-order chi connectivity index (χ0) is 12.4. The van der Waals surface area contributed by atoms with Gasteiger partial charge in [0.1, 0.15) is 17.3 Å². The minimum absolute atomic E-state index is 0.225. The Morgan fingerprint density at radius 2 is 1.47 bits per heavy atom. The van der Waals surface area contributed by atoms with Gasteiger partial charge in [0, 0.05) is 0 Å². The molecule has 0 aliphatic heterocycles. The molecule has 2 rings (SSSR count). The first-order valence-corrected chi connectivity index (χ1v) is 5.58. The Hall–Kier alpha value is -1.83. The van der Waals surface area contributed by atoms with Crippen molar-refractivity contribution in [2.45, 2.75) is 20.8 Å². The van der Waals surface area contributed by atoms with E-state index in [1.54, 1.807) is 0 Å². The number of halogens is 1. The summed E-state index contributed by atoms with van der Waals surface area (Å²) in [5.41, 5.74) is 2.69. The average Bonchev–Trinajstić information content (AvgIpc) is 2.25. The van der Waals surface area contributed by atoms with Crippen LogP contribution in [-0.4, -0.2) is 0 Å². The van der Waals surface area contributed by atoms with Crippen LogP contribution < -0.4 is 4.74 Å². The SMILES string of the molecule is Cc1ccccc1Oc1c(C)cc(F)cc1C. The van der Waals surface area contributed by atoms with Crippen LogP contribution in [0.1, 0.15) is 16.7 Å². The van der Waals surface area contributed by atoms with Crippen LogP contribution in [0.5, 0.6) is 11.5 Å². The molecule has 17 heavy (non-hydrogen) atoms. The normalized spacial score (nSPS) is 10.4. The van der Waals surface area contributed by atoms with Gasteiger partial charge in [-0.1, -0.05) is 18.2 Å². The van der Waals surface area contributed by atoms with Crippen molar-refractivity contribution in [2.24, 2.45) is 0 Å². The molecule has 0 aromatic heterocycles. The van der Waals surface area contributed by atoms with Crippen LogP contribution in [0.2, 0.25) is 0 Å². The molecule has 0 fully saturated rings. The maximum Gasteiger partial charge on any atom is 0.133 e. The molecular formula is C15H15FO. The molecule has 0 atom stereocenters. The zero-order valence-corrected chi connectivity index (χ0v) is 10.3. The number of ether oxygens (including phenoxy) is 1. The van der Waals surface area contributed by atoms with E-state index in [1.165, 1.54) is 12.1 Å². The van der Waals surface area contributed by atoms with Crippen molar-refractivity contribution in [3.8, 4) is 11.5 Å². The van der Waals surface area contributed by atoms with E-state index in [4.69, 9.17) is 4.74 Å². The molecule has 0 amide bonds. The third-order valence-corrected chi connectivity index (χ3v) is 2.73. The van der Waals surface area contributed by atoms with Crippen LogP contribution in [0.25, 0.3) is 0 Å². The summed E-state index contributed by atoms with van der Waals surface area (Å²) in [4.78, 5) is 0. The lowest BCUT2D eigenvalue weighted by molar-refractivity contribution is 0.469. The summed E-state index contributed by atoms with van der Waals surface area (Å²) in [6.07, 6.45) is 0. The Bertz CT molecular complexity index is 523. The van der Waals surface area contributed by atoms with Crippen molar-refractivity contribution in [3.05, 3.63) is 58.9 Å².